The van der Waals surface area contributed by atoms with Crippen LogP contribution in [0.3, 0.4) is 0 Å². The predicted octanol–water partition coefficient (Wildman–Crippen LogP) is 1.49. The largest absolute Gasteiger partial charge is 0.330 e. The molecular weight excluding hydrogens is 245 g/mol. The van der Waals surface area contributed by atoms with Gasteiger partial charge in [-0.25, -0.2) is 17.8 Å². The molecule has 2 N–H and O–H groups in total. The van der Waals surface area contributed by atoms with Gasteiger partial charge < -0.3 is 4.98 Å². The van der Waals surface area contributed by atoms with Crippen LogP contribution in [0.5, 0.6) is 0 Å². The molecule has 0 unspecified atom stereocenters. The Kier molecular flexibility index (Phi) is 3.10. The van der Waals surface area contributed by atoms with Gasteiger partial charge in [0.25, 0.3) is 0 Å². The summed E-state index contributed by atoms with van der Waals surface area (Å²) in [5, 5.41) is 0. The molecule has 0 saturated carbocycles. The zero-order valence-electron chi connectivity index (χ0n) is 8.72. The maximum Gasteiger partial charge on any atom is 0.239 e. The number of hydrogen-bond donors (Lipinski definition) is 2. The van der Waals surface area contributed by atoms with Crippen molar-refractivity contribution in [2.45, 2.75) is 5.75 Å². The highest BCUT2D eigenvalue weighted by Gasteiger charge is 2.12. The van der Waals surface area contributed by atoms with E-state index in [2.05, 4.69) is 14.7 Å². The van der Waals surface area contributed by atoms with E-state index in [1.807, 2.05) is 0 Å². The Morgan fingerprint density at radius 3 is 2.59 bits per heavy atom. The van der Waals surface area contributed by atoms with Crippen molar-refractivity contribution in [1.29, 1.82) is 0 Å². The van der Waals surface area contributed by atoms with Crippen molar-refractivity contribution in [2.75, 3.05) is 4.72 Å². The molecule has 0 saturated heterocycles. The maximum atomic E-state index is 12.6. The number of sulfonamides is 1. The summed E-state index contributed by atoms with van der Waals surface area (Å²) < 4.78 is 38.3. The summed E-state index contributed by atoms with van der Waals surface area (Å²) in [4.78, 5) is 6.38. The molecule has 1 aromatic carbocycles. The Balaban J connectivity index is 2.09. The molecule has 17 heavy (non-hydrogen) atoms. The van der Waals surface area contributed by atoms with Crippen molar-refractivity contribution in [1.82, 2.24) is 9.97 Å². The maximum absolute atomic E-state index is 12.6. The van der Waals surface area contributed by atoms with Gasteiger partial charge in [-0.2, -0.15) is 0 Å². The van der Waals surface area contributed by atoms with E-state index < -0.39 is 15.8 Å². The van der Waals surface area contributed by atoms with Gasteiger partial charge in [-0.3, -0.25) is 4.72 Å². The minimum absolute atomic E-state index is 0.159. The summed E-state index contributed by atoms with van der Waals surface area (Å²) in [5.74, 6) is -0.467. The fraction of sp³-hybridized carbons (Fsp3) is 0.100. The summed E-state index contributed by atoms with van der Waals surface area (Å²) in [6.07, 6.45) is 2.95. The molecule has 2 rings (SSSR count). The van der Waals surface area contributed by atoms with Crippen LogP contribution in [0, 0.1) is 5.82 Å². The van der Waals surface area contributed by atoms with E-state index in [1.165, 1.54) is 36.7 Å². The molecule has 0 amide bonds. The SMILES string of the molecule is O=S(=O)(Cc1ccc(F)cc1)Nc1ncc[nH]1. The van der Waals surface area contributed by atoms with E-state index in [-0.39, 0.29) is 11.7 Å². The highest BCUT2D eigenvalue weighted by molar-refractivity contribution is 7.91. The Bertz CT molecular complexity index is 579. The van der Waals surface area contributed by atoms with Crippen molar-refractivity contribution in [3.8, 4) is 0 Å². The van der Waals surface area contributed by atoms with E-state index in [1.54, 1.807) is 0 Å². The van der Waals surface area contributed by atoms with Crippen molar-refractivity contribution in [3.05, 3.63) is 48.0 Å². The van der Waals surface area contributed by atoms with Gasteiger partial charge in [-0.1, -0.05) is 12.1 Å². The normalized spacial score (nSPS) is 11.4. The number of halogens is 1. The summed E-state index contributed by atoms with van der Waals surface area (Å²) in [5.41, 5.74) is 0.505. The molecule has 0 atom stereocenters. The molecule has 2 aromatic rings. The minimum atomic E-state index is -3.54. The Morgan fingerprint density at radius 1 is 1.29 bits per heavy atom. The number of nitrogens with zero attached hydrogens (tertiary/aromatic N) is 1. The Hall–Kier alpha value is -1.89. The van der Waals surface area contributed by atoms with Gasteiger partial charge in [0.15, 0.2) is 0 Å². The molecule has 5 nitrogen and oxygen atoms in total. The van der Waals surface area contributed by atoms with E-state index in [0.29, 0.717) is 5.56 Å². The molecule has 90 valence electrons. The second-order valence-electron chi connectivity index (χ2n) is 3.43. The third-order valence-electron chi connectivity index (χ3n) is 2.02. The standard InChI is InChI=1S/C10H10FN3O2S/c11-9-3-1-8(2-4-9)7-17(15,16)14-10-12-5-6-13-10/h1-6H,7H2,(H2,12,13,14). The van der Waals surface area contributed by atoms with Crippen LogP contribution in [-0.2, 0) is 15.8 Å². The van der Waals surface area contributed by atoms with Crippen LogP contribution in [0.1, 0.15) is 5.56 Å². The second-order valence-corrected chi connectivity index (χ2v) is 5.15. The third kappa shape index (κ3) is 3.28. The van der Waals surface area contributed by atoms with E-state index in [9.17, 15) is 12.8 Å². The number of rotatable bonds is 4. The van der Waals surface area contributed by atoms with Crippen molar-refractivity contribution in [2.24, 2.45) is 0 Å². The molecule has 1 heterocycles. The zero-order chi connectivity index (χ0) is 12.3. The number of aromatic amines is 1. The quantitative estimate of drug-likeness (QED) is 0.869. The number of imidazole rings is 1. The summed E-state index contributed by atoms with van der Waals surface area (Å²) >= 11 is 0. The highest BCUT2D eigenvalue weighted by atomic mass is 32.2. The van der Waals surface area contributed by atoms with Gasteiger partial charge in [-0.15, -0.1) is 0 Å². The lowest BCUT2D eigenvalue weighted by atomic mass is 10.2. The first kappa shape index (κ1) is 11.6. The van der Waals surface area contributed by atoms with Crippen LogP contribution < -0.4 is 4.72 Å². The monoisotopic (exact) mass is 255 g/mol. The van der Waals surface area contributed by atoms with Gasteiger partial charge in [0.05, 0.1) is 5.75 Å². The van der Waals surface area contributed by atoms with Gasteiger partial charge >= 0.3 is 0 Å². The van der Waals surface area contributed by atoms with Crippen LogP contribution in [0.4, 0.5) is 10.3 Å². The number of anilines is 1. The molecule has 0 spiro atoms. The van der Waals surface area contributed by atoms with Crippen LogP contribution in [0.25, 0.3) is 0 Å². The Labute approximate surface area is 97.8 Å². The molecule has 7 heteroatoms. The number of hydrogen-bond acceptors (Lipinski definition) is 3. The van der Waals surface area contributed by atoms with Gasteiger partial charge in [0.2, 0.25) is 16.0 Å². The second kappa shape index (κ2) is 4.54. The Morgan fingerprint density at radius 2 is 2.00 bits per heavy atom. The van der Waals surface area contributed by atoms with Gasteiger partial charge in [0, 0.05) is 12.4 Å². The molecule has 0 aliphatic rings. The lowest BCUT2D eigenvalue weighted by molar-refractivity contribution is 0.599. The first-order valence-electron chi connectivity index (χ1n) is 4.79. The first-order chi connectivity index (χ1) is 8.05. The number of nitrogens with one attached hydrogen (secondary N) is 2. The third-order valence-corrected chi connectivity index (χ3v) is 3.24. The average molecular weight is 255 g/mol. The van der Waals surface area contributed by atoms with Gasteiger partial charge in [-0.05, 0) is 17.7 Å². The van der Waals surface area contributed by atoms with Crippen molar-refractivity contribution < 1.29 is 12.8 Å². The topological polar surface area (TPSA) is 74.8 Å². The number of aromatic nitrogens is 2. The molecule has 0 radical (unpaired) electrons. The fourth-order valence-corrected chi connectivity index (χ4v) is 2.41. The lowest BCUT2D eigenvalue weighted by Crippen LogP contribution is -2.15. The van der Waals surface area contributed by atoms with E-state index in [4.69, 9.17) is 0 Å². The lowest BCUT2D eigenvalue weighted by Gasteiger charge is -2.05. The van der Waals surface area contributed by atoms with Crippen molar-refractivity contribution >= 4 is 16.0 Å². The molecule has 0 aliphatic heterocycles. The smallest absolute Gasteiger partial charge is 0.239 e. The molecule has 0 fully saturated rings. The van der Waals surface area contributed by atoms with Crippen molar-refractivity contribution in [3.63, 3.8) is 0 Å². The van der Waals surface area contributed by atoms with Crippen LogP contribution in [0.15, 0.2) is 36.7 Å². The van der Waals surface area contributed by atoms with Crippen LogP contribution in [0.2, 0.25) is 0 Å². The highest BCUT2D eigenvalue weighted by Crippen LogP contribution is 2.09. The first-order valence-corrected chi connectivity index (χ1v) is 6.45. The molecular formula is C10H10FN3O2S. The molecule has 1 aromatic heterocycles. The molecule has 0 aliphatic carbocycles. The van der Waals surface area contributed by atoms with Gasteiger partial charge in [0.1, 0.15) is 5.82 Å². The van der Waals surface area contributed by atoms with Crippen LogP contribution >= 0.6 is 0 Å². The summed E-state index contributed by atoms with van der Waals surface area (Å²) in [7, 11) is -3.54. The van der Waals surface area contributed by atoms with Crippen LogP contribution in [-0.4, -0.2) is 18.4 Å². The van der Waals surface area contributed by atoms with E-state index in [0.717, 1.165) is 0 Å². The number of benzene rings is 1. The zero-order valence-corrected chi connectivity index (χ0v) is 9.54. The summed E-state index contributed by atoms with van der Waals surface area (Å²) in [6.45, 7) is 0. The fourth-order valence-electron chi connectivity index (χ4n) is 1.30. The molecule has 0 bridgehead atoms. The number of H-pyrrole nitrogens is 1. The predicted molar refractivity (Wildman–Crippen MR) is 61.2 cm³/mol. The minimum Gasteiger partial charge on any atom is -0.330 e. The van der Waals surface area contributed by atoms with E-state index >= 15 is 0 Å². The summed E-state index contributed by atoms with van der Waals surface area (Å²) in [6, 6.07) is 5.29. The average Bonchev–Trinajstić information content (AvgIpc) is 2.73.